The Morgan fingerprint density at radius 3 is 2.78 bits per heavy atom. The zero-order valence-electron chi connectivity index (χ0n) is 13.3. The molecule has 1 unspecified atom stereocenters. The Kier molecular flexibility index (Phi) is 4.12. The van der Waals surface area contributed by atoms with Gasteiger partial charge in [-0.3, -0.25) is 9.59 Å². The van der Waals surface area contributed by atoms with Gasteiger partial charge in [-0.25, -0.2) is 0 Å². The molecule has 23 heavy (non-hydrogen) atoms. The average Bonchev–Trinajstić information content (AvgIpc) is 3.08. The summed E-state index contributed by atoms with van der Waals surface area (Å²) in [5, 5.41) is 11.8. The van der Waals surface area contributed by atoms with Gasteiger partial charge in [0.1, 0.15) is 5.01 Å². The number of aromatic nitrogens is 2. The van der Waals surface area contributed by atoms with Gasteiger partial charge in [-0.2, -0.15) is 0 Å². The monoisotopic (exact) mass is 330 g/mol. The van der Waals surface area contributed by atoms with Crippen LogP contribution in [0, 0.1) is 26.7 Å². The van der Waals surface area contributed by atoms with Crippen molar-refractivity contribution in [3.63, 3.8) is 0 Å². The van der Waals surface area contributed by atoms with E-state index in [0.717, 1.165) is 21.8 Å². The lowest BCUT2D eigenvalue weighted by atomic mass is 10.1. The molecule has 0 radical (unpaired) electrons. The molecule has 1 N–H and O–H groups in total. The number of benzene rings is 1. The molecule has 3 rings (SSSR count). The van der Waals surface area contributed by atoms with E-state index in [2.05, 4.69) is 15.5 Å². The van der Waals surface area contributed by atoms with Crippen LogP contribution in [0.1, 0.15) is 22.6 Å². The molecule has 1 aliphatic heterocycles. The van der Waals surface area contributed by atoms with E-state index < -0.39 is 0 Å². The third-order valence-electron chi connectivity index (χ3n) is 4.12. The lowest BCUT2D eigenvalue weighted by Crippen LogP contribution is -2.28. The largest absolute Gasteiger partial charge is 0.311 e. The molecule has 0 saturated carbocycles. The fourth-order valence-electron chi connectivity index (χ4n) is 2.70. The molecule has 2 aromatic rings. The summed E-state index contributed by atoms with van der Waals surface area (Å²) in [5.41, 5.74) is 3.09. The van der Waals surface area contributed by atoms with E-state index in [0.29, 0.717) is 11.7 Å². The molecule has 2 amide bonds. The van der Waals surface area contributed by atoms with Gasteiger partial charge in [0.25, 0.3) is 0 Å². The number of rotatable bonds is 3. The maximum absolute atomic E-state index is 12.3. The maximum atomic E-state index is 12.3. The first kappa shape index (κ1) is 15.6. The van der Waals surface area contributed by atoms with E-state index >= 15 is 0 Å². The number of nitrogens with zero attached hydrogens (tertiary/aromatic N) is 3. The highest BCUT2D eigenvalue weighted by molar-refractivity contribution is 7.15. The number of aryl methyl sites for hydroxylation is 2. The smallest absolute Gasteiger partial charge is 0.231 e. The molecule has 1 atom stereocenters. The highest BCUT2D eigenvalue weighted by atomic mass is 32.1. The van der Waals surface area contributed by atoms with Crippen LogP contribution in [0.15, 0.2) is 18.2 Å². The minimum atomic E-state index is -0.369. The van der Waals surface area contributed by atoms with E-state index in [-0.39, 0.29) is 24.2 Å². The summed E-state index contributed by atoms with van der Waals surface area (Å²) in [6, 6.07) is 5.87. The molecule has 0 aliphatic carbocycles. The third-order valence-corrected chi connectivity index (χ3v) is 4.87. The van der Waals surface area contributed by atoms with E-state index in [4.69, 9.17) is 0 Å². The first-order valence-corrected chi connectivity index (χ1v) is 8.25. The van der Waals surface area contributed by atoms with Gasteiger partial charge >= 0.3 is 0 Å². The van der Waals surface area contributed by atoms with Gasteiger partial charge in [0.15, 0.2) is 0 Å². The Morgan fingerprint density at radius 2 is 2.09 bits per heavy atom. The van der Waals surface area contributed by atoms with Gasteiger partial charge in [0, 0.05) is 18.7 Å². The minimum absolute atomic E-state index is 0.0210. The van der Waals surface area contributed by atoms with Gasteiger partial charge in [-0.1, -0.05) is 23.5 Å². The van der Waals surface area contributed by atoms with Crippen LogP contribution in [0.4, 0.5) is 10.8 Å². The van der Waals surface area contributed by atoms with Crippen LogP contribution in [-0.2, 0) is 9.59 Å². The Labute approximate surface area is 138 Å². The minimum Gasteiger partial charge on any atom is -0.311 e. The van der Waals surface area contributed by atoms with E-state index in [1.165, 1.54) is 11.3 Å². The second-order valence-electron chi connectivity index (χ2n) is 5.74. The van der Waals surface area contributed by atoms with Crippen molar-refractivity contribution in [3.8, 4) is 0 Å². The predicted molar refractivity (Wildman–Crippen MR) is 89.7 cm³/mol. The van der Waals surface area contributed by atoms with Crippen molar-refractivity contribution in [1.82, 2.24) is 10.2 Å². The summed E-state index contributed by atoms with van der Waals surface area (Å²) in [6.45, 7) is 6.23. The lowest BCUT2D eigenvalue weighted by molar-refractivity contribution is -0.122. The standard InChI is InChI=1S/C16H18N4O2S/c1-9-5-4-6-13(10(9)2)20-8-12(7-14(20)21)15(22)17-16-19-18-11(3)23-16/h4-6,12H,7-8H2,1-3H3,(H,17,19,22). The van der Waals surface area contributed by atoms with Gasteiger partial charge in [0.05, 0.1) is 5.92 Å². The van der Waals surface area contributed by atoms with Gasteiger partial charge in [0.2, 0.25) is 16.9 Å². The van der Waals surface area contributed by atoms with Gasteiger partial charge in [-0.05, 0) is 38.0 Å². The fraction of sp³-hybridized carbons (Fsp3) is 0.375. The molecule has 1 aromatic carbocycles. The van der Waals surface area contributed by atoms with Crippen molar-refractivity contribution in [2.24, 2.45) is 5.92 Å². The fourth-order valence-corrected chi connectivity index (χ4v) is 3.29. The van der Waals surface area contributed by atoms with Crippen LogP contribution in [0.5, 0.6) is 0 Å². The number of anilines is 2. The van der Waals surface area contributed by atoms with Crippen molar-refractivity contribution in [1.29, 1.82) is 0 Å². The highest BCUT2D eigenvalue weighted by Crippen LogP contribution is 2.30. The second kappa shape index (κ2) is 6.08. The molecular formula is C16H18N4O2S. The highest BCUT2D eigenvalue weighted by Gasteiger charge is 2.36. The molecule has 0 spiro atoms. The molecule has 6 nitrogen and oxygen atoms in total. The number of amides is 2. The molecule has 120 valence electrons. The zero-order chi connectivity index (χ0) is 16.6. The Bertz CT molecular complexity index is 771. The molecule has 7 heteroatoms. The van der Waals surface area contributed by atoms with Crippen LogP contribution < -0.4 is 10.2 Å². The summed E-state index contributed by atoms with van der Waals surface area (Å²) in [7, 11) is 0. The quantitative estimate of drug-likeness (QED) is 0.938. The summed E-state index contributed by atoms with van der Waals surface area (Å²) in [4.78, 5) is 26.4. The number of hydrogen-bond donors (Lipinski definition) is 1. The normalized spacial score (nSPS) is 17.6. The summed E-state index contributed by atoms with van der Waals surface area (Å²) >= 11 is 1.32. The maximum Gasteiger partial charge on any atom is 0.231 e. The van der Waals surface area contributed by atoms with Crippen LogP contribution >= 0.6 is 11.3 Å². The van der Waals surface area contributed by atoms with Crippen LogP contribution in [0.3, 0.4) is 0 Å². The number of carbonyl (C=O) groups excluding carboxylic acids is 2. The SMILES string of the molecule is Cc1nnc(NC(=O)C2CC(=O)N(c3cccc(C)c3C)C2)s1. The average molecular weight is 330 g/mol. The lowest BCUT2D eigenvalue weighted by Gasteiger charge is -2.20. The van der Waals surface area contributed by atoms with Crippen molar-refractivity contribution in [3.05, 3.63) is 34.3 Å². The first-order valence-electron chi connectivity index (χ1n) is 7.43. The molecule has 2 heterocycles. The van der Waals surface area contributed by atoms with Crippen LogP contribution in [0.2, 0.25) is 0 Å². The predicted octanol–water partition coefficient (Wildman–Crippen LogP) is 2.45. The topological polar surface area (TPSA) is 75.2 Å². The summed E-state index contributed by atoms with van der Waals surface area (Å²) in [6.07, 6.45) is 0.219. The zero-order valence-corrected chi connectivity index (χ0v) is 14.1. The molecule has 1 aromatic heterocycles. The number of carbonyl (C=O) groups is 2. The molecule has 1 aliphatic rings. The third kappa shape index (κ3) is 3.10. The molecule has 1 saturated heterocycles. The van der Waals surface area contributed by atoms with E-state index in [9.17, 15) is 9.59 Å². The Balaban J connectivity index is 1.74. The first-order chi connectivity index (χ1) is 11.0. The van der Waals surface area contributed by atoms with Crippen molar-refractivity contribution in [2.75, 3.05) is 16.8 Å². The second-order valence-corrected chi connectivity index (χ2v) is 6.92. The van der Waals surface area contributed by atoms with Crippen LogP contribution in [-0.4, -0.2) is 28.6 Å². The van der Waals surface area contributed by atoms with Gasteiger partial charge < -0.3 is 10.2 Å². The van der Waals surface area contributed by atoms with E-state index in [1.807, 2.05) is 39.0 Å². The van der Waals surface area contributed by atoms with Crippen LogP contribution in [0.25, 0.3) is 0 Å². The van der Waals surface area contributed by atoms with Crippen molar-refractivity contribution >= 4 is 34.0 Å². The van der Waals surface area contributed by atoms with Gasteiger partial charge in [-0.15, -0.1) is 10.2 Å². The number of nitrogens with one attached hydrogen (secondary N) is 1. The van der Waals surface area contributed by atoms with Crippen molar-refractivity contribution in [2.45, 2.75) is 27.2 Å². The Morgan fingerprint density at radius 1 is 1.30 bits per heavy atom. The number of hydrogen-bond acceptors (Lipinski definition) is 5. The van der Waals surface area contributed by atoms with E-state index in [1.54, 1.807) is 4.90 Å². The summed E-state index contributed by atoms with van der Waals surface area (Å²) in [5.74, 6) is -0.568. The summed E-state index contributed by atoms with van der Waals surface area (Å²) < 4.78 is 0. The molecule has 1 fully saturated rings. The molecule has 0 bridgehead atoms. The van der Waals surface area contributed by atoms with Crippen molar-refractivity contribution < 1.29 is 9.59 Å². The Hall–Kier alpha value is -2.28. The molecular weight excluding hydrogens is 312 g/mol.